The molecule has 1 aromatic rings. The summed E-state index contributed by atoms with van der Waals surface area (Å²) in [6.07, 6.45) is 6.56. The van der Waals surface area contributed by atoms with E-state index >= 15 is 0 Å². The van der Waals surface area contributed by atoms with Crippen molar-refractivity contribution in [3.63, 3.8) is 0 Å². The molecule has 1 saturated heterocycles. The van der Waals surface area contributed by atoms with Gasteiger partial charge in [0.15, 0.2) is 0 Å². The van der Waals surface area contributed by atoms with Crippen molar-refractivity contribution in [2.75, 3.05) is 25.1 Å². The standard InChI is InChI=1S/C18H27N3O2/c1-12-10-14(13-4-3-5-13)20-17(19-12)21-8-6-18(7-9-21)15(22)11-16(18)23-2/h10,13,15-16,22H,3-9,11H2,1-2H3/t15-,16+/m1/s1. The fourth-order valence-corrected chi connectivity index (χ4v) is 4.47. The minimum Gasteiger partial charge on any atom is -0.392 e. The first kappa shape index (κ1) is 15.3. The van der Waals surface area contributed by atoms with Crippen LogP contribution in [-0.4, -0.2) is 47.5 Å². The van der Waals surface area contributed by atoms with Gasteiger partial charge in [-0.15, -0.1) is 0 Å². The molecule has 2 saturated carbocycles. The molecular weight excluding hydrogens is 290 g/mol. The highest BCUT2D eigenvalue weighted by Gasteiger charge is 2.55. The molecule has 1 aromatic heterocycles. The second kappa shape index (κ2) is 5.71. The number of ether oxygens (including phenoxy) is 1. The molecule has 23 heavy (non-hydrogen) atoms. The van der Waals surface area contributed by atoms with Crippen LogP contribution in [0.5, 0.6) is 0 Å². The lowest BCUT2D eigenvalue weighted by Crippen LogP contribution is -2.62. The number of aryl methyl sites for hydroxylation is 1. The Kier molecular flexibility index (Phi) is 3.81. The van der Waals surface area contributed by atoms with Gasteiger partial charge in [-0.2, -0.15) is 0 Å². The zero-order chi connectivity index (χ0) is 16.0. The van der Waals surface area contributed by atoms with Crippen LogP contribution in [0.4, 0.5) is 5.95 Å². The van der Waals surface area contributed by atoms with Crippen LogP contribution in [0.2, 0.25) is 0 Å². The van der Waals surface area contributed by atoms with Crippen molar-refractivity contribution >= 4 is 5.95 Å². The summed E-state index contributed by atoms with van der Waals surface area (Å²) >= 11 is 0. The maximum absolute atomic E-state index is 10.3. The largest absolute Gasteiger partial charge is 0.392 e. The average Bonchev–Trinajstić information content (AvgIpc) is 2.50. The van der Waals surface area contributed by atoms with Gasteiger partial charge in [-0.1, -0.05) is 6.42 Å². The van der Waals surface area contributed by atoms with E-state index in [1.54, 1.807) is 7.11 Å². The topological polar surface area (TPSA) is 58.5 Å². The summed E-state index contributed by atoms with van der Waals surface area (Å²) in [7, 11) is 1.76. The molecule has 0 amide bonds. The number of hydrogen-bond acceptors (Lipinski definition) is 5. The van der Waals surface area contributed by atoms with E-state index in [1.165, 1.54) is 25.0 Å². The number of methoxy groups -OCH3 is 1. The molecule has 2 atom stereocenters. The Morgan fingerprint density at radius 3 is 2.57 bits per heavy atom. The zero-order valence-electron chi connectivity index (χ0n) is 14.2. The van der Waals surface area contributed by atoms with Crippen LogP contribution in [0.25, 0.3) is 0 Å². The summed E-state index contributed by atoms with van der Waals surface area (Å²) in [6, 6.07) is 2.15. The third-order valence-corrected chi connectivity index (χ3v) is 6.39. The van der Waals surface area contributed by atoms with E-state index in [0.717, 1.165) is 44.0 Å². The molecule has 5 heteroatoms. The molecule has 2 heterocycles. The van der Waals surface area contributed by atoms with Gasteiger partial charge in [0.2, 0.25) is 5.95 Å². The number of aromatic nitrogens is 2. The molecule has 5 nitrogen and oxygen atoms in total. The number of piperidine rings is 1. The highest BCUT2D eigenvalue weighted by Crippen LogP contribution is 2.51. The van der Waals surface area contributed by atoms with E-state index in [2.05, 4.69) is 22.9 Å². The summed E-state index contributed by atoms with van der Waals surface area (Å²) in [5.74, 6) is 1.52. The van der Waals surface area contributed by atoms with E-state index in [1.807, 2.05) is 0 Å². The Balaban J connectivity index is 1.49. The third-order valence-electron chi connectivity index (χ3n) is 6.39. The Labute approximate surface area is 138 Å². The molecule has 1 aliphatic heterocycles. The Morgan fingerprint density at radius 2 is 2.00 bits per heavy atom. The lowest BCUT2D eigenvalue weighted by Gasteiger charge is -2.56. The molecule has 2 aliphatic carbocycles. The Bertz CT molecular complexity index is 580. The maximum Gasteiger partial charge on any atom is 0.225 e. The van der Waals surface area contributed by atoms with Crippen LogP contribution in [0, 0.1) is 12.3 Å². The van der Waals surface area contributed by atoms with Gasteiger partial charge in [-0.05, 0) is 38.7 Å². The molecule has 1 N–H and O–H groups in total. The van der Waals surface area contributed by atoms with Gasteiger partial charge in [0, 0.05) is 49.3 Å². The van der Waals surface area contributed by atoms with Crippen LogP contribution in [-0.2, 0) is 4.74 Å². The molecule has 0 bridgehead atoms. The molecule has 0 radical (unpaired) electrons. The highest BCUT2D eigenvalue weighted by molar-refractivity contribution is 5.35. The number of aliphatic hydroxyl groups excluding tert-OH is 1. The van der Waals surface area contributed by atoms with Crippen LogP contribution in [0.15, 0.2) is 6.07 Å². The quantitative estimate of drug-likeness (QED) is 0.928. The fraction of sp³-hybridized carbons (Fsp3) is 0.778. The Hall–Kier alpha value is -1.20. The molecule has 3 aliphatic rings. The lowest BCUT2D eigenvalue weighted by molar-refractivity contribution is -0.190. The summed E-state index contributed by atoms with van der Waals surface area (Å²) in [4.78, 5) is 11.8. The first-order valence-corrected chi connectivity index (χ1v) is 8.94. The van der Waals surface area contributed by atoms with E-state index < -0.39 is 0 Å². The van der Waals surface area contributed by atoms with Gasteiger partial charge in [0.1, 0.15) is 0 Å². The Morgan fingerprint density at radius 1 is 1.26 bits per heavy atom. The summed E-state index contributed by atoms with van der Waals surface area (Å²) in [5, 5.41) is 10.3. The third kappa shape index (κ3) is 2.45. The first-order valence-electron chi connectivity index (χ1n) is 8.94. The first-order chi connectivity index (χ1) is 11.1. The smallest absolute Gasteiger partial charge is 0.225 e. The summed E-state index contributed by atoms with van der Waals surface area (Å²) in [6.45, 7) is 3.88. The second-order valence-corrected chi connectivity index (χ2v) is 7.56. The minimum absolute atomic E-state index is 0.0358. The van der Waals surface area contributed by atoms with Crippen LogP contribution >= 0.6 is 0 Å². The number of hydrogen-bond donors (Lipinski definition) is 1. The van der Waals surface area contributed by atoms with E-state index in [9.17, 15) is 5.11 Å². The molecule has 126 valence electrons. The summed E-state index contributed by atoms with van der Waals surface area (Å²) in [5.41, 5.74) is 2.25. The van der Waals surface area contributed by atoms with Gasteiger partial charge in [0.05, 0.1) is 12.2 Å². The number of rotatable bonds is 3. The fourth-order valence-electron chi connectivity index (χ4n) is 4.47. The number of nitrogens with zero attached hydrogens (tertiary/aromatic N) is 3. The maximum atomic E-state index is 10.3. The predicted octanol–water partition coefficient (Wildman–Crippen LogP) is 2.42. The SMILES string of the molecule is CO[C@H]1C[C@@H](O)C12CCN(c1nc(C)cc(C3CCC3)n1)CC2. The van der Waals surface area contributed by atoms with E-state index in [0.29, 0.717) is 5.92 Å². The van der Waals surface area contributed by atoms with Crippen molar-refractivity contribution in [1.82, 2.24) is 9.97 Å². The minimum atomic E-state index is -0.210. The van der Waals surface area contributed by atoms with Gasteiger partial charge in [0.25, 0.3) is 0 Å². The second-order valence-electron chi connectivity index (χ2n) is 7.56. The number of aliphatic hydroxyl groups is 1. The van der Waals surface area contributed by atoms with Gasteiger partial charge >= 0.3 is 0 Å². The van der Waals surface area contributed by atoms with E-state index in [4.69, 9.17) is 9.72 Å². The molecule has 4 rings (SSSR count). The highest BCUT2D eigenvalue weighted by atomic mass is 16.5. The molecular formula is C18H27N3O2. The van der Waals surface area contributed by atoms with Crippen molar-refractivity contribution in [3.05, 3.63) is 17.5 Å². The van der Waals surface area contributed by atoms with Gasteiger partial charge in [-0.25, -0.2) is 9.97 Å². The van der Waals surface area contributed by atoms with Gasteiger partial charge in [-0.3, -0.25) is 0 Å². The van der Waals surface area contributed by atoms with Crippen LogP contribution < -0.4 is 4.90 Å². The molecule has 3 fully saturated rings. The average molecular weight is 317 g/mol. The normalized spacial score (nSPS) is 30.1. The summed E-state index contributed by atoms with van der Waals surface area (Å²) < 4.78 is 5.57. The number of anilines is 1. The van der Waals surface area contributed by atoms with E-state index in [-0.39, 0.29) is 17.6 Å². The van der Waals surface area contributed by atoms with Crippen molar-refractivity contribution in [1.29, 1.82) is 0 Å². The molecule has 0 aromatic carbocycles. The molecule has 1 spiro atoms. The molecule has 0 unspecified atom stereocenters. The van der Waals surface area contributed by atoms with Gasteiger partial charge < -0.3 is 14.7 Å². The monoisotopic (exact) mass is 317 g/mol. The van der Waals surface area contributed by atoms with Crippen molar-refractivity contribution in [2.45, 2.75) is 63.6 Å². The van der Waals surface area contributed by atoms with Crippen LogP contribution in [0.1, 0.15) is 55.8 Å². The van der Waals surface area contributed by atoms with Crippen molar-refractivity contribution in [2.24, 2.45) is 5.41 Å². The zero-order valence-corrected chi connectivity index (χ0v) is 14.2. The van der Waals surface area contributed by atoms with Crippen LogP contribution in [0.3, 0.4) is 0 Å². The van der Waals surface area contributed by atoms with Crippen molar-refractivity contribution in [3.8, 4) is 0 Å². The predicted molar refractivity (Wildman–Crippen MR) is 88.7 cm³/mol. The lowest BCUT2D eigenvalue weighted by atomic mass is 9.58. The van der Waals surface area contributed by atoms with Crippen molar-refractivity contribution < 1.29 is 9.84 Å².